The molecule has 2 saturated heterocycles. The first-order chi connectivity index (χ1) is 9.39. The molecule has 116 valence electrons. The van der Waals surface area contributed by atoms with Gasteiger partial charge in [-0.25, -0.2) is 0 Å². The standard InChI is InChI=1S/C16H31N3O/c1-5-16(6-8-17-9-7-16)14(20)18-10-12-19(13-11-18)15(2,3)4/h17H,5-13H2,1-4H3. The monoisotopic (exact) mass is 281 g/mol. The first kappa shape index (κ1) is 15.8. The third-order valence-electron chi connectivity index (χ3n) is 5.21. The van der Waals surface area contributed by atoms with E-state index in [-0.39, 0.29) is 11.0 Å². The summed E-state index contributed by atoms with van der Waals surface area (Å²) in [5, 5.41) is 3.38. The highest BCUT2D eigenvalue weighted by molar-refractivity contribution is 5.83. The van der Waals surface area contributed by atoms with Crippen molar-refractivity contribution >= 4 is 5.91 Å². The molecule has 2 aliphatic rings. The van der Waals surface area contributed by atoms with Crippen molar-refractivity contribution in [2.24, 2.45) is 5.41 Å². The lowest BCUT2D eigenvalue weighted by molar-refractivity contribution is -0.146. The van der Waals surface area contributed by atoms with Gasteiger partial charge in [-0.05, 0) is 53.1 Å². The summed E-state index contributed by atoms with van der Waals surface area (Å²) >= 11 is 0. The van der Waals surface area contributed by atoms with Gasteiger partial charge in [0.1, 0.15) is 0 Å². The molecule has 4 heteroatoms. The fourth-order valence-electron chi connectivity index (χ4n) is 3.54. The summed E-state index contributed by atoms with van der Waals surface area (Å²) in [7, 11) is 0. The number of piperidine rings is 1. The van der Waals surface area contributed by atoms with Gasteiger partial charge in [-0.2, -0.15) is 0 Å². The van der Waals surface area contributed by atoms with Crippen molar-refractivity contribution in [3.63, 3.8) is 0 Å². The van der Waals surface area contributed by atoms with Gasteiger partial charge in [0.15, 0.2) is 0 Å². The van der Waals surface area contributed by atoms with Gasteiger partial charge in [-0.3, -0.25) is 9.69 Å². The van der Waals surface area contributed by atoms with Crippen LogP contribution in [-0.2, 0) is 4.79 Å². The Balaban J connectivity index is 1.97. The number of amides is 1. The van der Waals surface area contributed by atoms with Gasteiger partial charge in [0.25, 0.3) is 0 Å². The van der Waals surface area contributed by atoms with Crippen molar-refractivity contribution in [2.75, 3.05) is 39.3 Å². The van der Waals surface area contributed by atoms with E-state index in [0.29, 0.717) is 5.91 Å². The summed E-state index contributed by atoms with van der Waals surface area (Å²) in [4.78, 5) is 17.5. The van der Waals surface area contributed by atoms with Gasteiger partial charge >= 0.3 is 0 Å². The van der Waals surface area contributed by atoms with E-state index in [1.807, 2.05) is 0 Å². The second-order valence-corrected chi connectivity index (χ2v) is 7.33. The van der Waals surface area contributed by atoms with Crippen molar-refractivity contribution in [1.82, 2.24) is 15.1 Å². The fourth-order valence-corrected chi connectivity index (χ4v) is 3.54. The van der Waals surface area contributed by atoms with Crippen molar-refractivity contribution < 1.29 is 4.79 Å². The van der Waals surface area contributed by atoms with Gasteiger partial charge in [-0.1, -0.05) is 6.92 Å². The minimum absolute atomic E-state index is 0.0881. The third-order valence-corrected chi connectivity index (χ3v) is 5.21. The van der Waals surface area contributed by atoms with Crippen LogP contribution in [0.25, 0.3) is 0 Å². The van der Waals surface area contributed by atoms with Crippen LogP contribution in [0.1, 0.15) is 47.0 Å². The van der Waals surface area contributed by atoms with Crippen LogP contribution >= 0.6 is 0 Å². The predicted molar refractivity (Wildman–Crippen MR) is 82.7 cm³/mol. The predicted octanol–water partition coefficient (Wildman–Crippen LogP) is 1.71. The van der Waals surface area contributed by atoms with Gasteiger partial charge < -0.3 is 10.2 Å². The molecule has 1 amide bonds. The molecule has 2 heterocycles. The van der Waals surface area contributed by atoms with Gasteiger partial charge in [0.05, 0.1) is 5.41 Å². The quantitative estimate of drug-likeness (QED) is 0.837. The normalized spacial score (nSPS) is 24.7. The number of hydrogen-bond donors (Lipinski definition) is 1. The molecule has 2 rings (SSSR count). The molecule has 0 saturated carbocycles. The highest BCUT2D eigenvalue weighted by atomic mass is 16.2. The average Bonchev–Trinajstić information content (AvgIpc) is 2.46. The van der Waals surface area contributed by atoms with E-state index in [1.165, 1.54) is 0 Å². The van der Waals surface area contributed by atoms with E-state index in [2.05, 4.69) is 42.8 Å². The smallest absolute Gasteiger partial charge is 0.228 e. The van der Waals surface area contributed by atoms with Crippen LogP contribution in [0.4, 0.5) is 0 Å². The highest BCUT2D eigenvalue weighted by Crippen LogP contribution is 2.35. The Morgan fingerprint density at radius 3 is 2.10 bits per heavy atom. The summed E-state index contributed by atoms with van der Waals surface area (Å²) in [6, 6.07) is 0. The maximum atomic E-state index is 12.9. The molecule has 2 fully saturated rings. The van der Waals surface area contributed by atoms with Crippen LogP contribution in [0.3, 0.4) is 0 Å². The Bertz CT molecular complexity index is 334. The zero-order valence-corrected chi connectivity index (χ0v) is 13.7. The third kappa shape index (κ3) is 3.17. The van der Waals surface area contributed by atoms with E-state index < -0.39 is 0 Å². The number of nitrogens with zero attached hydrogens (tertiary/aromatic N) is 2. The lowest BCUT2D eigenvalue weighted by atomic mass is 9.75. The highest BCUT2D eigenvalue weighted by Gasteiger charge is 2.41. The Morgan fingerprint density at radius 1 is 1.10 bits per heavy atom. The summed E-state index contributed by atoms with van der Waals surface area (Å²) in [5.74, 6) is 0.412. The first-order valence-electron chi connectivity index (χ1n) is 8.14. The second-order valence-electron chi connectivity index (χ2n) is 7.33. The second kappa shape index (κ2) is 6.02. The molecular formula is C16H31N3O. The number of hydrogen-bond acceptors (Lipinski definition) is 3. The molecular weight excluding hydrogens is 250 g/mol. The van der Waals surface area contributed by atoms with Crippen LogP contribution in [0.5, 0.6) is 0 Å². The fraction of sp³-hybridized carbons (Fsp3) is 0.938. The van der Waals surface area contributed by atoms with E-state index >= 15 is 0 Å². The Kier molecular flexibility index (Phi) is 4.75. The molecule has 4 nitrogen and oxygen atoms in total. The molecule has 0 unspecified atom stereocenters. The van der Waals surface area contributed by atoms with Crippen LogP contribution in [-0.4, -0.2) is 60.5 Å². The molecule has 0 atom stereocenters. The summed E-state index contributed by atoms with van der Waals surface area (Å²) in [6.45, 7) is 14.7. The lowest BCUT2D eigenvalue weighted by Gasteiger charge is -2.45. The molecule has 0 spiro atoms. The molecule has 0 aromatic carbocycles. The maximum absolute atomic E-state index is 12.9. The van der Waals surface area contributed by atoms with Crippen molar-refractivity contribution in [3.8, 4) is 0 Å². The van der Waals surface area contributed by atoms with Crippen molar-refractivity contribution in [2.45, 2.75) is 52.5 Å². The lowest BCUT2D eigenvalue weighted by Crippen LogP contribution is -2.58. The SMILES string of the molecule is CCC1(C(=O)N2CCN(C(C)(C)C)CC2)CCNCC1. The van der Waals surface area contributed by atoms with Crippen LogP contribution < -0.4 is 5.32 Å². The minimum atomic E-state index is -0.0881. The number of nitrogens with one attached hydrogen (secondary N) is 1. The molecule has 0 aromatic rings. The van der Waals surface area contributed by atoms with Crippen LogP contribution in [0.15, 0.2) is 0 Å². The van der Waals surface area contributed by atoms with E-state index in [4.69, 9.17) is 0 Å². The number of rotatable bonds is 2. The molecule has 0 aliphatic carbocycles. The summed E-state index contributed by atoms with van der Waals surface area (Å²) in [6.07, 6.45) is 2.98. The van der Waals surface area contributed by atoms with Gasteiger partial charge in [0.2, 0.25) is 5.91 Å². The maximum Gasteiger partial charge on any atom is 0.228 e. The zero-order chi connectivity index (χ0) is 14.8. The van der Waals surface area contributed by atoms with Crippen LogP contribution in [0.2, 0.25) is 0 Å². The van der Waals surface area contributed by atoms with E-state index in [1.54, 1.807) is 0 Å². The van der Waals surface area contributed by atoms with Gasteiger partial charge in [-0.15, -0.1) is 0 Å². The topological polar surface area (TPSA) is 35.6 Å². The van der Waals surface area contributed by atoms with Gasteiger partial charge in [0, 0.05) is 31.7 Å². The molecule has 1 N–H and O–H groups in total. The van der Waals surface area contributed by atoms with Crippen molar-refractivity contribution in [3.05, 3.63) is 0 Å². The first-order valence-corrected chi connectivity index (χ1v) is 8.14. The Labute approximate surface area is 123 Å². The largest absolute Gasteiger partial charge is 0.340 e. The Hall–Kier alpha value is -0.610. The van der Waals surface area contributed by atoms with Crippen LogP contribution in [0, 0.1) is 5.41 Å². The molecule has 2 aliphatic heterocycles. The molecule has 0 radical (unpaired) electrons. The molecule has 0 bridgehead atoms. The average molecular weight is 281 g/mol. The van der Waals surface area contributed by atoms with E-state index in [9.17, 15) is 4.79 Å². The summed E-state index contributed by atoms with van der Waals surface area (Å²) < 4.78 is 0. The van der Waals surface area contributed by atoms with E-state index in [0.717, 1.165) is 58.5 Å². The molecule has 20 heavy (non-hydrogen) atoms. The summed E-state index contributed by atoms with van der Waals surface area (Å²) in [5.41, 5.74) is 0.126. The Morgan fingerprint density at radius 2 is 1.65 bits per heavy atom. The minimum Gasteiger partial charge on any atom is -0.340 e. The van der Waals surface area contributed by atoms with Crippen molar-refractivity contribution in [1.29, 1.82) is 0 Å². The number of piperazine rings is 1. The number of carbonyl (C=O) groups is 1. The molecule has 0 aromatic heterocycles. The number of carbonyl (C=O) groups excluding carboxylic acids is 1. The zero-order valence-electron chi connectivity index (χ0n) is 13.7.